The van der Waals surface area contributed by atoms with Crippen LogP contribution in [0.5, 0.6) is 0 Å². The van der Waals surface area contributed by atoms with E-state index in [1.54, 1.807) is 26.0 Å². The van der Waals surface area contributed by atoms with Crippen LogP contribution in [0.1, 0.15) is 31.9 Å². The molecule has 10 heteroatoms. The van der Waals surface area contributed by atoms with E-state index < -0.39 is 28.5 Å². The Balaban J connectivity index is 2.41. The van der Waals surface area contributed by atoms with E-state index in [1.165, 1.54) is 11.0 Å². The second-order valence-electron chi connectivity index (χ2n) is 8.67. The van der Waals surface area contributed by atoms with E-state index in [9.17, 15) is 18.0 Å². The van der Waals surface area contributed by atoms with E-state index in [4.69, 9.17) is 11.6 Å². The standard InChI is InChI=1S/C24H31BrClN3O4S/c1-16(2)13-27-24(31)18(4)28(14-19-7-6-8-20(25)11-19)23(30)15-29(34(5,32)33)22-12-21(26)10-9-17(22)3/h6-12,16,18H,13-15H2,1-5H3,(H,27,31)/t18-/m1/s1. The molecule has 34 heavy (non-hydrogen) atoms. The number of nitrogens with one attached hydrogen (secondary N) is 1. The molecule has 2 rings (SSSR count). The molecule has 0 radical (unpaired) electrons. The van der Waals surface area contributed by atoms with Crippen molar-refractivity contribution in [1.29, 1.82) is 0 Å². The fourth-order valence-electron chi connectivity index (χ4n) is 3.31. The SMILES string of the molecule is Cc1ccc(Cl)cc1N(CC(=O)N(Cc1cccc(Br)c1)[C@H](C)C(=O)NCC(C)C)S(C)(=O)=O. The van der Waals surface area contributed by atoms with Gasteiger partial charge in [-0.15, -0.1) is 0 Å². The Labute approximate surface area is 215 Å². The van der Waals surface area contributed by atoms with Crippen LogP contribution in [-0.4, -0.2) is 50.5 Å². The minimum Gasteiger partial charge on any atom is -0.354 e. The van der Waals surface area contributed by atoms with Crippen LogP contribution in [0.4, 0.5) is 5.69 Å². The zero-order valence-electron chi connectivity index (χ0n) is 20.0. The quantitative estimate of drug-likeness (QED) is 0.458. The average Bonchev–Trinajstić information content (AvgIpc) is 2.74. The van der Waals surface area contributed by atoms with E-state index in [2.05, 4.69) is 21.2 Å². The van der Waals surface area contributed by atoms with E-state index in [0.29, 0.717) is 22.8 Å². The molecule has 186 valence electrons. The Bertz CT molecular complexity index is 1140. The molecule has 2 amide bonds. The zero-order valence-corrected chi connectivity index (χ0v) is 23.2. The highest BCUT2D eigenvalue weighted by Crippen LogP contribution is 2.27. The molecule has 0 fully saturated rings. The maximum absolute atomic E-state index is 13.5. The second-order valence-corrected chi connectivity index (χ2v) is 11.9. The Kier molecular flexibility index (Phi) is 9.96. The number of nitrogens with zero attached hydrogens (tertiary/aromatic N) is 2. The van der Waals surface area contributed by atoms with Crippen molar-refractivity contribution in [3.63, 3.8) is 0 Å². The predicted molar refractivity (Wildman–Crippen MR) is 140 cm³/mol. The van der Waals surface area contributed by atoms with Gasteiger partial charge in [0.2, 0.25) is 21.8 Å². The van der Waals surface area contributed by atoms with E-state index in [1.807, 2.05) is 38.1 Å². The summed E-state index contributed by atoms with van der Waals surface area (Å²) in [4.78, 5) is 27.8. The van der Waals surface area contributed by atoms with Crippen molar-refractivity contribution in [2.24, 2.45) is 5.92 Å². The molecule has 0 aliphatic rings. The smallest absolute Gasteiger partial charge is 0.244 e. The molecule has 0 heterocycles. The van der Waals surface area contributed by atoms with Crippen LogP contribution >= 0.6 is 27.5 Å². The van der Waals surface area contributed by atoms with Gasteiger partial charge in [-0.2, -0.15) is 0 Å². The van der Waals surface area contributed by atoms with Gasteiger partial charge in [0.05, 0.1) is 11.9 Å². The summed E-state index contributed by atoms with van der Waals surface area (Å²) in [6, 6.07) is 11.5. The molecule has 0 aromatic heterocycles. The van der Waals surface area contributed by atoms with Crippen LogP contribution in [-0.2, 0) is 26.2 Å². The van der Waals surface area contributed by atoms with E-state index in [-0.39, 0.29) is 18.4 Å². The third kappa shape index (κ3) is 7.99. The lowest BCUT2D eigenvalue weighted by Gasteiger charge is -2.32. The number of carbonyl (C=O) groups excluding carboxylic acids is 2. The molecular formula is C24H31BrClN3O4S. The molecule has 0 saturated carbocycles. The highest BCUT2D eigenvalue weighted by atomic mass is 79.9. The van der Waals surface area contributed by atoms with Gasteiger partial charge in [-0.1, -0.05) is 59.6 Å². The number of anilines is 1. The summed E-state index contributed by atoms with van der Waals surface area (Å²) in [5.74, 6) is -0.559. The minimum absolute atomic E-state index is 0.140. The largest absolute Gasteiger partial charge is 0.354 e. The number of benzene rings is 2. The highest BCUT2D eigenvalue weighted by Gasteiger charge is 2.30. The molecule has 0 saturated heterocycles. The molecule has 0 spiro atoms. The monoisotopic (exact) mass is 571 g/mol. The van der Waals surface area contributed by atoms with Gasteiger partial charge in [0, 0.05) is 22.6 Å². The number of hydrogen-bond acceptors (Lipinski definition) is 4. The molecular weight excluding hydrogens is 542 g/mol. The second kappa shape index (κ2) is 12.0. The van der Waals surface area contributed by atoms with Gasteiger partial charge in [-0.05, 0) is 55.2 Å². The zero-order chi connectivity index (χ0) is 25.6. The average molecular weight is 573 g/mol. The lowest BCUT2D eigenvalue weighted by atomic mass is 10.1. The summed E-state index contributed by atoms with van der Waals surface area (Å²) < 4.78 is 27.2. The van der Waals surface area contributed by atoms with Crippen molar-refractivity contribution in [3.8, 4) is 0 Å². The third-order valence-corrected chi connectivity index (χ3v) is 7.07. The summed E-state index contributed by atoms with van der Waals surface area (Å²) in [7, 11) is -3.81. The maximum atomic E-state index is 13.5. The Hall–Kier alpha value is -2.10. The Morgan fingerprint density at radius 3 is 2.38 bits per heavy atom. The number of rotatable bonds is 10. The van der Waals surface area contributed by atoms with Crippen molar-refractivity contribution in [2.75, 3.05) is 23.7 Å². The third-order valence-electron chi connectivity index (χ3n) is 5.21. The van der Waals surface area contributed by atoms with Crippen molar-refractivity contribution >= 4 is 55.1 Å². The first-order valence-corrected chi connectivity index (χ1v) is 13.9. The number of sulfonamides is 1. The number of halogens is 2. The van der Waals surface area contributed by atoms with Crippen molar-refractivity contribution in [1.82, 2.24) is 10.2 Å². The lowest BCUT2D eigenvalue weighted by Crippen LogP contribution is -2.51. The van der Waals surface area contributed by atoms with Crippen LogP contribution < -0.4 is 9.62 Å². The Morgan fingerprint density at radius 1 is 1.12 bits per heavy atom. The highest BCUT2D eigenvalue weighted by molar-refractivity contribution is 9.10. The van der Waals surface area contributed by atoms with Crippen LogP contribution in [0, 0.1) is 12.8 Å². The van der Waals surface area contributed by atoms with Gasteiger partial charge in [-0.3, -0.25) is 13.9 Å². The molecule has 1 atom stereocenters. The summed E-state index contributed by atoms with van der Waals surface area (Å²) in [6.45, 7) is 7.49. The van der Waals surface area contributed by atoms with Gasteiger partial charge < -0.3 is 10.2 Å². The summed E-state index contributed by atoms with van der Waals surface area (Å²) in [5.41, 5.74) is 1.78. The van der Waals surface area contributed by atoms with Crippen molar-refractivity contribution in [3.05, 3.63) is 63.1 Å². The molecule has 7 nitrogen and oxygen atoms in total. The van der Waals surface area contributed by atoms with Gasteiger partial charge in [0.25, 0.3) is 0 Å². The number of amides is 2. The van der Waals surface area contributed by atoms with Crippen LogP contribution in [0.2, 0.25) is 5.02 Å². The molecule has 0 unspecified atom stereocenters. The minimum atomic E-state index is -3.81. The topological polar surface area (TPSA) is 86.8 Å². The number of hydrogen-bond donors (Lipinski definition) is 1. The summed E-state index contributed by atoms with van der Waals surface area (Å²) in [6.07, 6.45) is 1.04. The maximum Gasteiger partial charge on any atom is 0.244 e. The van der Waals surface area contributed by atoms with Crippen LogP contribution in [0.25, 0.3) is 0 Å². The summed E-state index contributed by atoms with van der Waals surface area (Å²) in [5, 5.41) is 3.21. The first-order chi connectivity index (χ1) is 15.8. The van der Waals surface area contributed by atoms with Gasteiger partial charge in [0.1, 0.15) is 12.6 Å². The van der Waals surface area contributed by atoms with E-state index >= 15 is 0 Å². The molecule has 0 aliphatic carbocycles. The van der Waals surface area contributed by atoms with Crippen molar-refractivity contribution in [2.45, 2.75) is 40.3 Å². The predicted octanol–water partition coefficient (Wildman–Crippen LogP) is 4.37. The van der Waals surface area contributed by atoms with Gasteiger partial charge in [0.15, 0.2) is 0 Å². The Morgan fingerprint density at radius 2 is 1.79 bits per heavy atom. The molecule has 2 aromatic carbocycles. The van der Waals surface area contributed by atoms with Crippen molar-refractivity contribution < 1.29 is 18.0 Å². The lowest BCUT2D eigenvalue weighted by molar-refractivity contribution is -0.139. The normalized spacial score (nSPS) is 12.4. The van der Waals surface area contributed by atoms with E-state index in [0.717, 1.165) is 20.6 Å². The fourth-order valence-corrected chi connectivity index (χ4v) is 4.82. The molecule has 1 N–H and O–H groups in total. The first-order valence-electron chi connectivity index (χ1n) is 10.8. The van der Waals surface area contributed by atoms with Crippen LogP contribution in [0.15, 0.2) is 46.9 Å². The number of carbonyl (C=O) groups is 2. The molecule has 0 aliphatic heterocycles. The van der Waals surface area contributed by atoms with Crippen LogP contribution in [0.3, 0.4) is 0 Å². The number of aryl methyl sites for hydroxylation is 1. The van der Waals surface area contributed by atoms with Gasteiger partial charge >= 0.3 is 0 Å². The summed E-state index contributed by atoms with van der Waals surface area (Å²) >= 11 is 9.54. The fraction of sp³-hybridized carbons (Fsp3) is 0.417. The van der Waals surface area contributed by atoms with Gasteiger partial charge in [-0.25, -0.2) is 8.42 Å². The molecule has 0 bridgehead atoms. The first kappa shape index (κ1) is 28.1. The molecule has 2 aromatic rings.